The highest BCUT2D eigenvalue weighted by molar-refractivity contribution is 4.84. The van der Waals surface area contributed by atoms with Crippen LogP contribution in [0.3, 0.4) is 0 Å². The van der Waals surface area contributed by atoms with Crippen LogP contribution in [0.5, 0.6) is 0 Å². The first kappa shape index (κ1) is 11.4. The van der Waals surface area contributed by atoms with Crippen molar-refractivity contribution in [1.82, 2.24) is 10.2 Å². The van der Waals surface area contributed by atoms with Crippen molar-refractivity contribution in [1.29, 1.82) is 0 Å². The van der Waals surface area contributed by atoms with E-state index in [9.17, 15) is 0 Å². The summed E-state index contributed by atoms with van der Waals surface area (Å²) in [7, 11) is 0. The van der Waals surface area contributed by atoms with Gasteiger partial charge in [0.25, 0.3) is 0 Å². The second kappa shape index (κ2) is 4.84. The molecule has 0 radical (unpaired) electrons. The van der Waals surface area contributed by atoms with E-state index in [1.807, 2.05) is 0 Å². The van der Waals surface area contributed by atoms with Crippen molar-refractivity contribution in [2.45, 2.75) is 39.5 Å². The van der Waals surface area contributed by atoms with Crippen molar-refractivity contribution in [3.8, 4) is 0 Å². The van der Waals surface area contributed by atoms with Crippen LogP contribution < -0.4 is 5.32 Å². The molecule has 2 nitrogen and oxygen atoms in total. The molecule has 2 saturated heterocycles. The zero-order valence-electron chi connectivity index (χ0n) is 10.4. The van der Waals surface area contributed by atoms with Gasteiger partial charge in [-0.1, -0.05) is 13.8 Å². The van der Waals surface area contributed by atoms with Gasteiger partial charge in [0.05, 0.1) is 0 Å². The van der Waals surface area contributed by atoms with Gasteiger partial charge >= 0.3 is 0 Å². The molecule has 0 amide bonds. The highest BCUT2D eigenvalue weighted by Gasteiger charge is 2.29. The van der Waals surface area contributed by atoms with Crippen LogP contribution in [0.1, 0.15) is 39.5 Å². The summed E-state index contributed by atoms with van der Waals surface area (Å²) in [6.45, 7) is 11.3. The molecule has 0 aromatic rings. The lowest BCUT2D eigenvalue weighted by Gasteiger charge is -2.40. The lowest BCUT2D eigenvalue weighted by molar-refractivity contribution is 0.0995. The Hall–Kier alpha value is -0.0800. The SMILES string of the molecule is CC1CCN(CC2(C)CCNCC2)CC1. The van der Waals surface area contributed by atoms with Gasteiger partial charge in [-0.25, -0.2) is 0 Å². The maximum Gasteiger partial charge on any atom is 0.00363 e. The summed E-state index contributed by atoms with van der Waals surface area (Å²) in [5, 5.41) is 3.47. The Morgan fingerprint density at radius 2 is 1.80 bits per heavy atom. The summed E-state index contributed by atoms with van der Waals surface area (Å²) < 4.78 is 0. The van der Waals surface area contributed by atoms with E-state index in [4.69, 9.17) is 0 Å². The van der Waals surface area contributed by atoms with E-state index in [-0.39, 0.29) is 0 Å². The third-order valence-electron chi connectivity index (χ3n) is 4.29. The van der Waals surface area contributed by atoms with Crippen molar-refractivity contribution in [2.24, 2.45) is 11.3 Å². The van der Waals surface area contributed by atoms with E-state index < -0.39 is 0 Å². The molecule has 0 saturated carbocycles. The van der Waals surface area contributed by atoms with Crippen LogP contribution in [0.15, 0.2) is 0 Å². The van der Waals surface area contributed by atoms with Gasteiger partial charge in [-0.05, 0) is 63.2 Å². The maximum atomic E-state index is 3.47. The molecule has 2 aliphatic heterocycles. The van der Waals surface area contributed by atoms with E-state index in [2.05, 4.69) is 24.1 Å². The van der Waals surface area contributed by atoms with E-state index >= 15 is 0 Å². The standard InChI is InChI=1S/C13H26N2/c1-12-3-9-15(10-4-12)11-13(2)5-7-14-8-6-13/h12,14H,3-11H2,1-2H3. The first-order valence-corrected chi connectivity index (χ1v) is 6.61. The van der Waals surface area contributed by atoms with Gasteiger partial charge in [-0.15, -0.1) is 0 Å². The average molecular weight is 210 g/mol. The van der Waals surface area contributed by atoms with Crippen LogP contribution >= 0.6 is 0 Å². The van der Waals surface area contributed by atoms with Crippen LogP contribution in [0.25, 0.3) is 0 Å². The molecule has 88 valence electrons. The number of hydrogen-bond donors (Lipinski definition) is 1. The molecule has 2 heterocycles. The van der Waals surface area contributed by atoms with Gasteiger partial charge in [0.2, 0.25) is 0 Å². The number of likely N-dealkylation sites (tertiary alicyclic amines) is 1. The van der Waals surface area contributed by atoms with Crippen LogP contribution in [-0.2, 0) is 0 Å². The van der Waals surface area contributed by atoms with Crippen molar-refractivity contribution in [3.05, 3.63) is 0 Å². The quantitative estimate of drug-likeness (QED) is 0.751. The van der Waals surface area contributed by atoms with Crippen molar-refractivity contribution in [3.63, 3.8) is 0 Å². The van der Waals surface area contributed by atoms with Gasteiger partial charge in [0.1, 0.15) is 0 Å². The van der Waals surface area contributed by atoms with E-state index in [1.165, 1.54) is 58.4 Å². The molecule has 0 bridgehead atoms. The van der Waals surface area contributed by atoms with Gasteiger partial charge in [0.15, 0.2) is 0 Å². The molecule has 2 heteroatoms. The van der Waals surface area contributed by atoms with Gasteiger partial charge in [-0.3, -0.25) is 0 Å². The Labute approximate surface area is 94.4 Å². The van der Waals surface area contributed by atoms with Gasteiger partial charge in [-0.2, -0.15) is 0 Å². The molecule has 0 unspecified atom stereocenters. The van der Waals surface area contributed by atoms with Gasteiger partial charge in [0, 0.05) is 6.54 Å². The minimum absolute atomic E-state index is 0.589. The summed E-state index contributed by atoms with van der Waals surface area (Å²) >= 11 is 0. The highest BCUT2D eigenvalue weighted by Crippen LogP contribution is 2.30. The van der Waals surface area contributed by atoms with E-state index in [0.717, 1.165) is 5.92 Å². The zero-order chi connectivity index (χ0) is 10.7. The molecular formula is C13H26N2. The van der Waals surface area contributed by atoms with Crippen molar-refractivity contribution < 1.29 is 0 Å². The first-order chi connectivity index (χ1) is 7.18. The zero-order valence-corrected chi connectivity index (χ0v) is 10.4. The summed E-state index contributed by atoms with van der Waals surface area (Å²) in [5.41, 5.74) is 0.589. The number of piperidine rings is 2. The second-order valence-electron chi connectivity index (χ2n) is 6.02. The number of nitrogens with one attached hydrogen (secondary N) is 1. The fourth-order valence-electron chi connectivity index (χ4n) is 2.95. The van der Waals surface area contributed by atoms with Crippen LogP contribution in [0, 0.1) is 11.3 Å². The van der Waals surface area contributed by atoms with Crippen molar-refractivity contribution >= 4 is 0 Å². The molecule has 2 fully saturated rings. The second-order valence-corrected chi connectivity index (χ2v) is 6.02. The average Bonchev–Trinajstić information content (AvgIpc) is 2.22. The lowest BCUT2D eigenvalue weighted by atomic mass is 9.80. The van der Waals surface area contributed by atoms with E-state index in [0.29, 0.717) is 5.41 Å². The molecule has 0 aromatic carbocycles. The minimum Gasteiger partial charge on any atom is -0.317 e. The Kier molecular flexibility index (Phi) is 3.68. The Balaban J connectivity index is 1.80. The largest absolute Gasteiger partial charge is 0.317 e. The smallest absolute Gasteiger partial charge is 0.00363 e. The maximum absolute atomic E-state index is 3.47. The van der Waals surface area contributed by atoms with Crippen LogP contribution in [0.2, 0.25) is 0 Å². The molecule has 2 rings (SSSR count). The Bertz CT molecular complexity index is 189. The predicted octanol–water partition coefficient (Wildman–Crippen LogP) is 2.11. The molecule has 1 N–H and O–H groups in total. The number of nitrogens with zero attached hydrogens (tertiary/aromatic N) is 1. The molecule has 0 aliphatic carbocycles. The summed E-state index contributed by atoms with van der Waals surface area (Å²) in [5.74, 6) is 0.960. The van der Waals surface area contributed by atoms with Crippen molar-refractivity contribution in [2.75, 3.05) is 32.7 Å². The fraction of sp³-hybridized carbons (Fsp3) is 1.00. The fourth-order valence-corrected chi connectivity index (χ4v) is 2.95. The Morgan fingerprint density at radius 1 is 1.20 bits per heavy atom. The molecule has 0 atom stereocenters. The number of hydrogen-bond acceptors (Lipinski definition) is 2. The summed E-state index contributed by atoms with van der Waals surface area (Å²) in [6, 6.07) is 0. The number of rotatable bonds is 2. The molecular weight excluding hydrogens is 184 g/mol. The third kappa shape index (κ3) is 3.18. The van der Waals surface area contributed by atoms with Crippen LogP contribution in [-0.4, -0.2) is 37.6 Å². The third-order valence-corrected chi connectivity index (χ3v) is 4.29. The molecule has 2 aliphatic rings. The monoisotopic (exact) mass is 210 g/mol. The molecule has 15 heavy (non-hydrogen) atoms. The first-order valence-electron chi connectivity index (χ1n) is 6.61. The predicted molar refractivity (Wildman–Crippen MR) is 65.0 cm³/mol. The normalized spacial score (nSPS) is 29.2. The lowest BCUT2D eigenvalue weighted by Crippen LogP contribution is -2.45. The topological polar surface area (TPSA) is 15.3 Å². The van der Waals surface area contributed by atoms with E-state index in [1.54, 1.807) is 0 Å². The van der Waals surface area contributed by atoms with Crippen LogP contribution in [0.4, 0.5) is 0 Å². The Morgan fingerprint density at radius 3 is 2.40 bits per heavy atom. The molecule has 0 spiro atoms. The minimum atomic E-state index is 0.589. The highest BCUT2D eigenvalue weighted by atomic mass is 15.1. The summed E-state index contributed by atoms with van der Waals surface area (Å²) in [4.78, 5) is 2.70. The summed E-state index contributed by atoms with van der Waals surface area (Å²) in [6.07, 6.45) is 5.54. The van der Waals surface area contributed by atoms with Gasteiger partial charge < -0.3 is 10.2 Å². The molecule has 0 aromatic heterocycles.